The molecule has 3 aromatic heterocycles. The molecule has 0 fully saturated rings. The SMILES string of the molecule is Cc1nccc(-c2nc(Cl)c3c4c(sc3n2)CCC4)n1. The number of hydrogen-bond acceptors (Lipinski definition) is 5. The van der Waals surface area contributed by atoms with Gasteiger partial charge in [-0.3, -0.25) is 0 Å². The summed E-state index contributed by atoms with van der Waals surface area (Å²) in [4.78, 5) is 19.9. The maximum Gasteiger partial charge on any atom is 0.181 e. The fourth-order valence-electron chi connectivity index (χ4n) is 2.65. The van der Waals surface area contributed by atoms with Gasteiger partial charge in [0.25, 0.3) is 0 Å². The first-order chi connectivity index (χ1) is 9.72. The summed E-state index contributed by atoms with van der Waals surface area (Å²) in [5, 5.41) is 1.58. The van der Waals surface area contributed by atoms with Gasteiger partial charge in [0.05, 0.1) is 5.39 Å². The van der Waals surface area contributed by atoms with Gasteiger partial charge in [-0.15, -0.1) is 11.3 Å². The normalized spacial score (nSPS) is 13.9. The van der Waals surface area contributed by atoms with Gasteiger partial charge in [0.15, 0.2) is 5.82 Å². The van der Waals surface area contributed by atoms with Gasteiger partial charge >= 0.3 is 0 Å². The molecular formula is C14H11ClN4S. The Hall–Kier alpha value is -1.59. The first-order valence-corrected chi connectivity index (χ1v) is 7.69. The average molecular weight is 303 g/mol. The van der Waals surface area contributed by atoms with Crippen molar-refractivity contribution in [3.8, 4) is 11.5 Å². The summed E-state index contributed by atoms with van der Waals surface area (Å²) >= 11 is 8.12. The van der Waals surface area contributed by atoms with Crippen LogP contribution in [0.2, 0.25) is 5.15 Å². The molecule has 0 saturated heterocycles. The Bertz CT molecular complexity index is 827. The molecule has 0 unspecified atom stereocenters. The molecule has 1 aliphatic carbocycles. The first-order valence-electron chi connectivity index (χ1n) is 6.50. The van der Waals surface area contributed by atoms with Crippen LogP contribution in [0.1, 0.15) is 22.7 Å². The van der Waals surface area contributed by atoms with E-state index in [0.29, 0.717) is 16.8 Å². The Morgan fingerprint density at radius 3 is 2.95 bits per heavy atom. The van der Waals surface area contributed by atoms with E-state index in [0.717, 1.165) is 28.8 Å². The summed E-state index contributed by atoms with van der Waals surface area (Å²) in [6.45, 7) is 1.85. The lowest BCUT2D eigenvalue weighted by Crippen LogP contribution is -1.95. The highest BCUT2D eigenvalue weighted by atomic mass is 35.5. The van der Waals surface area contributed by atoms with Gasteiger partial charge < -0.3 is 0 Å². The van der Waals surface area contributed by atoms with E-state index < -0.39 is 0 Å². The van der Waals surface area contributed by atoms with Gasteiger partial charge in [0.2, 0.25) is 0 Å². The van der Waals surface area contributed by atoms with E-state index >= 15 is 0 Å². The molecule has 0 bridgehead atoms. The largest absolute Gasteiger partial charge is 0.242 e. The molecule has 3 heterocycles. The van der Waals surface area contributed by atoms with Crippen LogP contribution in [-0.4, -0.2) is 19.9 Å². The Kier molecular flexibility index (Phi) is 2.72. The van der Waals surface area contributed by atoms with Gasteiger partial charge in [-0.1, -0.05) is 11.6 Å². The number of rotatable bonds is 1. The van der Waals surface area contributed by atoms with Crippen LogP contribution in [0.25, 0.3) is 21.7 Å². The van der Waals surface area contributed by atoms with Gasteiger partial charge in [0.1, 0.15) is 21.5 Å². The third kappa shape index (κ3) is 1.81. The van der Waals surface area contributed by atoms with Crippen LogP contribution in [0, 0.1) is 6.92 Å². The fourth-order valence-corrected chi connectivity index (χ4v) is 4.25. The second-order valence-corrected chi connectivity index (χ2v) is 6.31. The van der Waals surface area contributed by atoms with Crippen LogP contribution in [0.15, 0.2) is 12.3 Å². The van der Waals surface area contributed by atoms with E-state index in [1.165, 1.54) is 16.9 Å². The zero-order chi connectivity index (χ0) is 13.7. The van der Waals surface area contributed by atoms with Crippen molar-refractivity contribution in [3.05, 3.63) is 33.7 Å². The molecule has 0 radical (unpaired) electrons. The molecule has 3 aromatic rings. The van der Waals surface area contributed by atoms with Gasteiger partial charge in [-0.2, -0.15) is 0 Å². The summed E-state index contributed by atoms with van der Waals surface area (Å²) in [7, 11) is 0. The van der Waals surface area contributed by atoms with Crippen molar-refractivity contribution >= 4 is 33.2 Å². The molecule has 0 saturated carbocycles. The third-order valence-electron chi connectivity index (χ3n) is 3.53. The predicted octanol–water partition coefficient (Wildman–Crippen LogP) is 3.60. The van der Waals surface area contributed by atoms with Gasteiger partial charge in [0, 0.05) is 11.1 Å². The number of hydrogen-bond donors (Lipinski definition) is 0. The molecule has 1 aliphatic rings. The monoisotopic (exact) mass is 302 g/mol. The number of nitrogens with zero attached hydrogens (tertiary/aromatic N) is 4. The second kappa shape index (κ2) is 4.46. The summed E-state index contributed by atoms with van der Waals surface area (Å²) in [6, 6.07) is 1.81. The molecule has 4 rings (SSSR count). The van der Waals surface area contributed by atoms with E-state index in [4.69, 9.17) is 11.6 Å². The number of fused-ring (bicyclic) bond motifs is 3. The molecule has 0 aliphatic heterocycles. The lowest BCUT2D eigenvalue weighted by Gasteiger charge is -2.02. The van der Waals surface area contributed by atoms with E-state index in [1.807, 2.05) is 13.0 Å². The summed E-state index contributed by atoms with van der Waals surface area (Å²) < 4.78 is 0. The topological polar surface area (TPSA) is 51.6 Å². The van der Waals surface area contributed by atoms with E-state index in [9.17, 15) is 0 Å². The average Bonchev–Trinajstić information content (AvgIpc) is 2.98. The van der Waals surface area contributed by atoms with Crippen molar-refractivity contribution in [3.63, 3.8) is 0 Å². The van der Waals surface area contributed by atoms with Crippen LogP contribution in [-0.2, 0) is 12.8 Å². The number of aromatic nitrogens is 4. The van der Waals surface area contributed by atoms with Crippen molar-refractivity contribution in [2.75, 3.05) is 0 Å². The molecule has 100 valence electrons. The molecule has 0 atom stereocenters. The van der Waals surface area contributed by atoms with Gasteiger partial charge in [-0.25, -0.2) is 19.9 Å². The Labute approximate surface area is 124 Å². The molecular weight excluding hydrogens is 292 g/mol. The lowest BCUT2D eigenvalue weighted by atomic mass is 10.2. The van der Waals surface area contributed by atoms with Crippen LogP contribution in [0.3, 0.4) is 0 Å². The Morgan fingerprint density at radius 2 is 2.10 bits per heavy atom. The minimum Gasteiger partial charge on any atom is -0.242 e. The zero-order valence-corrected chi connectivity index (χ0v) is 12.4. The molecule has 0 amide bonds. The molecule has 6 heteroatoms. The van der Waals surface area contributed by atoms with Gasteiger partial charge in [-0.05, 0) is 37.8 Å². The Balaban J connectivity index is 1.95. The molecule has 0 spiro atoms. The summed E-state index contributed by atoms with van der Waals surface area (Å²) in [5.41, 5.74) is 2.07. The maximum absolute atomic E-state index is 6.39. The van der Waals surface area contributed by atoms with Crippen LogP contribution < -0.4 is 0 Å². The number of halogens is 1. The summed E-state index contributed by atoms with van der Waals surface area (Å²) in [5.74, 6) is 1.28. The fraction of sp³-hybridized carbons (Fsp3) is 0.286. The maximum atomic E-state index is 6.39. The highest BCUT2D eigenvalue weighted by Crippen LogP contribution is 2.39. The highest BCUT2D eigenvalue weighted by molar-refractivity contribution is 7.19. The standard InChI is InChI=1S/C14H11ClN4S/c1-7-16-6-5-9(17-7)13-18-12(15)11-8-3-2-4-10(8)20-14(11)19-13/h5-6H,2-4H2,1H3. The summed E-state index contributed by atoms with van der Waals surface area (Å²) in [6.07, 6.45) is 5.15. The van der Waals surface area contributed by atoms with E-state index in [-0.39, 0.29) is 0 Å². The second-order valence-electron chi connectivity index (χ2n) is 4.86. The number of thiophene rings is 1. The van der Waals surface area contributed by atoms with Crippen molar-refractivity contribution < 1.29 is 0 Å². The highest BCUT2D eigenvalue weighted by Gasteiger charge is 2.22. The molecule has 0 aromatic carbocycles. The molecule has 0 N–H and O–H groups in total. The Morgan fingerprint density at radius 1 is 1.20 bits per heavy atom. The van der Waals surface area contributed by atoms with Crippen molar-refractivity contribution in [1.82, 2.24) is 19.9 Å². The lowest BCUT2D eigenvalue weighted by molar-refractivity contribution is 0.917. The van der Waals surface area contributed by atoms with Crippen LogP contribution >= 0.6 is 22.9 Å². The number of aryl methyl sites for hydroxylation is 3. The van der Waals surface area contributed by atoms with E-state index in [1.54, 1.807) is 17.5 Å². The van der Waals surface area contributed by atoms with E-state index in [2.05, 4.69) is 19.9 Å². The quantitative estimate of drug-likeness (QED) is 0.645. The van der Waals surface area contributed by atoms with Crippen LogP contribution in [0.5, 0.6) is 0 Å². The predicted molar refractivity (Wildman–Crippen MR) is 80.2 cm³/mol. The van der Waals surface area contributed by atoms with Crippen LogP contribution in [0.4, 0.5) is 0 Å². The first kappa shape index (κ1) is 12.2. The van der Waals surface area contributed by atoms with Crippen molar-refractivity contribution in [2.45, 2.75) is 26.2 Å². The van der Waals surface area contributed by atoms with Crippen molar-refractivity contribution in [2.24, 2.45) is 0 Å². The zero-order valence-electron chi connectivity index (χ0n) is 10.9. The minimum atomic E-state index is 0.542. The smallest absolute Gasteiger partial charge is 0.181 e. The molecule has 20 heavy (non-hydrogen) atoms. The third-order valence-corrected chi connectivity index (χ3v) is 4.98. The van der Waals surface area contributed by atoms with Crippen molar-refractivity contribution in [1.29, 1.82) is 0 Å². The molecule has 4 nitrogen and oxygen atoms in total. The minimum absolute atomic E-state index is 0.542.